The highest BCUT2D eigenvalue weighted by Gasteiger charge is 2.16. The number of carbonyl (C=O) groups is 2. The molecule has 0 saturated carbocycles. The van der Waals surface area contributed by atoms with E-state index in [4.69, 9.17) is 25.9 Å². The van der Waals surface area contributed by atoms with Crippen LogP contribution in [0.1, 0.15) is 17.3 Å². The maximum Gasteiger partial charge on any atom is 0.278 e. The molecule has 0 unspecified atom stereocenters. The van der Waals surface area contributed by atoms with E-state index in [0.717, 1.165) is 12.2 Å². The number of rotatable bonds is 8. The molecule has 0 aliphatic carbocycles. The van der Waals surface area contributed by atoms with Gasteiger partial charge in [0.15, 0.2) is 0 Å². The molecule has 0 radical (unpaired) electrons. The van der Waals surface area contributed by atoms with Crippen molar-refractivity contribution in [3.8, 4) is 17.2 Å². The number of aromatic nitrogens is 1. The minimum atomic E-state index is -0.438. The predicted molar refractivity (Wildman–Crippen MR) is 124 cm³/mol. The number of hydrogen-bond donors (Lipinski definition) is 3. The van der Waals surface area contributed by atoms with Gasteiger partial charge in [0.05, 0.1) is 36.0 Å². The number of amides is 2. The predicted octanol–water partition coefficient (Wildman–Crippen LogP) is 3.77. The second kappa shape index (κ2) is 12.3. The van der Waals surface area contributed by atoms with Crippen molar-refractivity contribution < 1.29 is 23.9 Å². The molecular weight excluding hydrogens is 436 g/mol. The summed E-state index contributed by atoms with van der Waals surface area (Å²) in [6.45, 7) is 2.60. The van der Waals surface area contributed by atoms with Crippen molar-refractivity contribution in [3.63, 3.8) is 0 Å². The normalized spacial score (nSPS) is 9.91. The summed E-state index contributed by atoms with van der Waals surface area (Å²) >= 11 is 6.22. The van der Waals surface area contributed by atoms with E-state index < -0.39 is 5.91 Å². The van der Waals surface area contributed by atoms with E-state index >= 15 is 0 Å². The van der Waals surface area contributed by atoms with Crippen molar-refractivity contribution in [1.29, 1.82) is 0 Å². The van der Waals surface area contributed by atoms with Gasteiger partial charge in [0, 0.05) is 37.3 Å². The highest BCUT2D eigenvalue weighted by Crippen LogP contribution is 2.35. The number of pyridine rings is 1. The van der Waals surface area contributed by atoms with Crippen LogP contribution in [0.5, 0.6) is 17.2 Å². The van der Waals surface area contributed by atoms with Gasteiger partial charge in [0.2, 0.25) is 6.41 Å². The van der Waals surface area contributed by atoms with Crippen LogP contribution >= 0.6 is 11.6 Å². The van der Waals surface area contributed by atoms with Crippen LogP contribution < -0.4 is 25.6 Å². The monoisotopic (exact) mass is 460 g/mol. The Morgan fingerprint density at radius 2 is 1.94 bits per heavy atom. The number of carbonyl (C=O) groups excluding carboxylic acids is 2. The van der Waals surface area contributed by atoms with E-state index in [9.17, 15) is 9.59 Å². The van der Waals surface area contributed by atoms with E-state index in [0.29, 0.717) is 45.1 Å². The smallest absolute Gasteiger partial charge is 0.278 e. The topological polar surface area (TPSA) is 111 Å². The Bertz CT molecular complexity index is 1080. The molecule has 9 nitrogen and oxygen atoms in total. The standard InChI is InChI=1S/C19H18ClN3O4.C3H7NO/c1-21-15-5-4-11(8-14(15)20)27-17-6-7-22-16-10-18(25-2)13(9-12(16)17)19(24)23-26-3;1-2-4-3-5/h4-10,21H,1-3H3,(H,23,24);3H,2H2,1H3,(H,4,5). The molecule has 3 N–H and O–H groups in total. The Morgan fingerprint density at radius 1 is 1.16 bits per heavy atom. The van der Waals surface area contributed by atoms with Crippen LogP contribution in [-0.4, -0.2) is 45.1 Å². The molecule has 0 spiro atoms. The van der Waals surface area contributed by atoms with Crippen molar-refractivity contribution in [3.05, 3.63) is 53.2 Å². The zero-order chi connectivity index (χ0) is 23.5. The highest BCUT2D eigenvalue weighted by atomic mass is 35.5. The van der Waals surface area contributed by atoms with Crippen molar-refractivity contribution in [2.45, 2.75) is 6.92 Å². The molecule has 0 aliphatic heterocycles. The summed E-state index contributed by atoms with van der Waals surface area (Å²) < 4.78 is 11.3. The number of ether oxygens (including phenoxy) is 2. The first kappa shape index (κ1) is 24.7. The number of hydroxylamine groups is 1. The van der Waals surface area contributed by atoms with Crippen LogP contribution in [0.3, 0.4) is 0 Å². The van der Waals surface area contributed by atoms with Gasteiger partial charge in [-0.1, -0.05) is 11.6 Å². The van der Waals surface area contributed by atoms with Crippen LogP contribution in [-0.2, 0) is 9.63 Å². The molecular formula is C22H25ClN4O5. The minimum Gasteiger partial charge on any atom is -0.496 e. The van der Waals surface area contributed by atoms with Gasteiger partial charge in [-0.05, 0) is 31.2 Å². The van der Waals surface area contributed by atoms with Crippen LogP contribution in [0.2, 0.25) is 5.02 Å². The molecule has 3 rings (SSSR count). The summed E-state index contributed by atoms with van der Waals surface area (Å²) in [5, 5.41) is 6.61. The Labute approximate surface area is 191 Å². The number of nitrogens with one attached hydrogen (secondary N) is 3. The molecule has 1 aromatic heterocycles. The second-order valence-electron chi connectivity index (χ2n) is 6.18. The third-order valence-electron chi connectivity index (χ3n) is 4.19. The van der Waals surface area contributed by atoms with Gasteiger partial charge < -0.3 is 20.1 Å². The quantitative estimate of drug-likeness (QED) is 0.346. The number of hydrogen-bond acceptors (Lipinski definition) is 7. The Kier molecular flexibility index (Phi) is 9.52. The Hall–Kier alpha value is -3.56. The first-order chi connectivity index (χ1) is 15.5. The average Bonchev–Trinajstić information content (AvgIpc) is 2.79. The SMILES string of the molecule is CCNC=O.CNc1ccc(Oc2ccnc3cc(OC)c(C(=O)NOC)cc23)cc1Cl. The molecule has 0 saturated heterocycles. The third kappa shape index (κ3) is 6.22. The summed E-state index contributed by atoms with van der Waals surface area (Å²) in [7, 11) is 4.63. The van der Waals surface area contributed by atoms with Crippen molar-refractivity contribution >= 4 is 40.5 Å². The van der Waals surface area contributed by atoms with Gasteiger partial charge in [-0.15, -0.1) is 0 Å². The van der Waals surface area contributed by atoms with Crippen LogP contribution in [0.15, 0.2) is 42.6 Å². The van der Waals surface area contributed by atoms with Crippen LogP contribution in [0.4, 0.5) is 5.69 Å². The maximum atomic E-state index is 12.3. The first-order valence-electron chi connectivity index (χ1n) is 9.61. The summed E-state index contributed by atoms with van der Waals surface area (Å²) in [6, 6.07) is 10.4. The molecule has 170 valence electrons. The number of benzene rings is 2. The van der Waals surface area contributed by atoms with Gasteiger partial charge in [0.1, 0.15) is 17.2 Å². The van der Waals surface area contributed by atoms with Gasteiger partial charge in [-0.3, -0.25) is 19.4 Å². The Morgan fingerprint density at radius 3 is 2.50 bits per heavy atom. The fourth-order valence-corrected chi connectivity index (χ4v) is 2.97. The van der Waals surface area contributed by atoms with Crippen molar-refractivity contribution in [1.82, 2.24) is 15.8 Å². The maximum absolute atomic E-state index is 12.3. The van der Waals surface area contributed by atoms with E-state index in [-0.39, 0.29) is 0 Å². The lowest BCUT2D eigenvalue weighted by Crippen LogP contribution is -2.22. The molecule has 2 aromatic carbocycles. The molecule has 0 aliphatic rings. The fraction of sp³-hybridized carbons (Fsp3) is 0.227. The zero-order valence-electron chi connectivity index (χ0n) is 18.2. The van der Waals surface area contributed by atoms with Crippen molar-refractivity contribution in [2.75, 3.05) is 33.1 Å². The molecule has 10 heteroatoms. The van der Waals surface area contributed by atoms with Gasteiger partial charge in [0.25, 0.3) is 5.91 Å². The molecule has 0 fully saturated rings. The van der Waals surface area contributed by atoms with Crippen LogP contribution in [0.25, 0.3) is 10.9 Å². The first-order valence-corrected chi connectivity index (χ1v) is 9.99. The molecule has 3 aromatic rings. The lowest BCUT2D eigenvalue weighted by Gasteiger charge is -2.13. The average molecular weight is 461 g/mol. The molecule has 0 bridgehead atoms. The van der Waals surface area contributed by atoms with Crippen molar-refractivity contribution in [2.24, 2.45) is 0 Å². The van der Waals surface area contributed by atoms with Gasteiger partial charge in [-0.25, -0.2) is 5.48 Å². The van der Waals surface area contributed by atoms with Gasteiger partial charge in [-0.2, -0.15) is 0 Å². The van der Waals surface area contributed by atoms with E-state index in [2.05, 4.69) is 21.1 Å². The minimum absolute atomic E-state index is 0.299. The third-order valence-corrected chi connectivity index (χ3v) is 4.50. The van der Waals surface area contributed by atoms with Gasteiger partial charge >= 0.3 is 0 Å². The molecule has 1 heterocycles. The van der Waals surface area contributed by atoms with E-state index in [1.165, 1.54) is 14.2 Å². The Balaban J connectivity index is 0.000000654. The number of anilines is 1. The summed E-state index contributed by atoms with van der Waals surface area (Å²) in [5.41, 5.74) is 4.00. The zero-order valence-corrected chi connectivity index (χ0v) is 18.9. The largest absolute Gasteiger partial charge is 0.496 e. The molecule has 0 atom stereocenters. The van der Waals surface area contributed by atoms with E-state index in [1.54, 1.807) is 43.6 Å². The number of methoxy groups -OCH3 is 1. The van der Waals surface area contributed by atoms with Crippen LogP contribution in [0, 0.1) is 0 Å². The lowest BCUT2D eigenvalue weighted by atomic mass is 10.1. The fourth-order valence-electron chi connectivity index (χ4n) is 2.70. The highest BCUT2D eigenvalue weighted by molar-refractivity contribution is 6.33. The number of halogens is 1. The molecule has 2 amide bonds. The number of fused-ring (bicyclic) bond motifs is 1. The summed E-state index contributed by atoms with van der Waals surface area (Å²) in [4.78, 5) is 30.6. The van der Waals surface area contributed by atoms with E-state index in [1.807, 2.05) is 13.0 Å². The summed E-state index contributed by atoms with van der Waals surface area (Å²) in [5.74, 6) is 1.03. The second-order valence-corrected chi connectivity index (χ2v) is 6.59. The summed E-state index contributed by atoms with van der Waals surface area (Å²) in [6.07, 6.45) is 2.30. The molecule has 32 heavy (non-hydrogen) atoms. The number of nitrogens with zero attached hydrogens (tertiary/aromatic N) is 1. The lowest BCUT2D eigenvalue weighted by molar-refractivity contribution is -0.109.